The first-order valence-electron chi connectivity index (χ1n) is 8.54. The molecule has 6 heteroatoms. The number of hydrogen-bond acceptors (Lipinski definition) is 4. The lowest BCUT2D eigenvalue weighted by molar-refractivity contribution is -0.139. The molecule has 2 amide bonds. The van der Waals surface area contributed by atoms with E-state index >= 15 is 0 Å². The minimum Gasteiger partial charge on any atom is -0.383 e. The summed E-state index contributed by atoms with van der Waals surface area (Å²) < 4.78 is 0. The van der Waals surface area contributed by atoms with Gasteiger partial charge in [-0.05, 0) is 30.5 Å². The Morgan fingerprint density at radius 2 is 1.80 bits per heavy atom. The van der Waals surface area contributed by atoms with Crippen LogP contribution in [0, 0.1) is 0 Å². The number of nitrogens with one attached hydrogen (secondary N) is 2. The van der Waals surface area contributed by atoms with Gasteiger partial charge in [-0.2, -0.15) is 0 Å². The normalized spacial score (nSPS) is 15.7. The molecular formula is C19H22N2O3S. The molecule has 1 saturated carbocycles. The van der Waals surface area contributed by atoms with Crippen LogP contribution >= 0.6 is 11.3 Å². The Labute approximate surface area is 151 Å². The van der Waals surface area contributed by atoms with Crippen molar-refractivity contribution >= 4 is 23.2 Å². The number of aliphatic hydroxyl groups is 1. The van der Waals surface area contributed by atoms with Crippen LogP contribution in [-0.2, 0) is 16.1 Å². The van der Waals surface area contributed by atoms with Gasteiger partial charge in [-0.1, -0.05) is 43.2 Å². The van der Waals surface area contributed by atoms with Crippen LogP contribution in [0.2, 0.25) is 0 Å². The number of carbonyl (C=O) groups excluding carboxylic acids is 2. The molecule has 25 heavy (non-hydrogen) atoms. The molecule has 3 rings (SSSR count). The van der Waals surface area contributed by atoms with Gasteiger partial charge in [0.2, 0.25) is 0 Å². The Morgan fingerprint density at radius 1 is 1.08 bits per heavy atom. The molecule has 1 aliphatic carbocycles. The van der Waals surface area contributed by atoms with Gasteiger partial charge in [0.05, 0.1) is 6.54 Å². The fourth-order valence-corrected chi connectivity index (χ4v) is 3.97. The highest BCUT2D eigenvalue weighted by Crippen LogP contribution is 2.28. The number of carbonyl (C=O) groups is 2. The number of aliphatic hydroxyl groups excluding tert-OH is 1. The van der Waals surface area contributed by atoms with Crippen LogP contribution in [-0.4, -0.2) is 23.0 Å². The van der Waals surface area contributed by atoms with Crippen LogP contribution in [0.4, 0.5) is 0 Å². The molecule has 1 atom stereocenters. The van der Waals surface area contributed by atoms with Crippen LogP contribution in [0.3, 0.4) is 0 Å². The average Bonchev–Trinajstić information content (AvgIpc) is 3.31. The summed E-state index contributed by atoms with van der Waals surface area (Å²) in [4.78, 5) is 25.5. The van der Waals surface area contributed by atoms with Crippen molar-refractivity contribution in [3.05, 3.63) is 57.8 Å². The van der Waals surface area contributed by atoms with E-state index in [0.717, 1.165) is 41.0 Å². The second-order valence-corrected chi connectivity index (χ2v) is 7.45. The van der Waals surface area contributed by atoms with Crippen molar-refractivity contribution in [2.45, 2.75) is 44.4 Å². The number of rotatable bonds is 5. The van der Waals surface area contributed by atoms with E-state index in [1.165, 1.54) is 11.3 Å². The van der Waals surface area contributed by atoms with Crippen molar-refractivity contribution in [3.8, 4) is 0 Å². The molecule has 0 aliphatic heterocycles. The molecule has 5 nitrogen and oxygen atoms in total. The van der Waals surface area contributed by atoms with Crippen molar-refractivity contribution in [1.82, 2.24) is 10.6 Å². The summed E-state index contributed by atoms with van der Waals surface area (Å²) >= 11 is 1.43. The van der Waals surface area contributed by atoms with Crippen LogP contribution < -0.4 is 10.6 Å². The zero-order valence-corrected chi connectivity index (χ0v) is 14.7. The topological polar surface area (TPSA) is 78.4 Å². The highest BCUT2D eigenvalue weighted by atomic mass is 32.1. The summed E-state index contributed by atoms with van der Waals surface area (Å²) in [5.74, 6) is -1.17. The first kappa shape index (κ1) is 17.6. The van der Waals surface area contributed by atoms with Crippen molar-refractivity contribution < 1.29 is 14.7 Å². The van der Waals surface area contributed by atoms with E-state index in [4.69, 9.17) is 0 Å². The Morgan fingerprint density at radius 3 is 2.52 bits per heavy atom. The van der Waals surface area contributed by atoms with Gasteiger partial charge >= 0.3 is 11.8 Å². The van der Waals surface area contributed by atoms with Gasteiger partial charge in [-0.3, -0.25) is 9.59 Å². The van der Waals surface area contributed by atoms with E-state index in [0.29, 0.717) is 0 Å². The molecule has 2 aromatic rings. The minimum atomic E-state index is -0.679. The van der Waals surface area contributed by atoms with E-state index in [1.807, 2.05) is 42.5 Å². The van der Waals surface area contributed by atoms with Gasteiger partial charge in [0.25, 0.3) is 0 Å². The largest absolute Gasteiger partial charge is 0.383 e. The maximum absolute atomic E-state index is 11.9. The first-order valence-corrected chi connectivity index (χ1v) is 9.35. The van der Waals surface area contributed by atoms with Crippen LogP contribution in [0.25, 0.3) is 0 Å². The molecule has 1 aromatic carbocycles. The summed E-state index contributed by atoms with van der Waals surface area (Å²) in [6.07, 6.45) is 3.43. The molecule has 0 radical (unpaired) electrons. The number of hydrogen-bond donors (Lipinski definition) is 3. The van der Waals surface area contributed by atoms with Crippen molar-refractivity contribution in [3.63, 3.8) is 0 Å². The maximum Gasteiger partial charge on any atom is 0.309 e. The molecule has 1 unspecified atom stereocenters. The van der Waals surface area contributed by atoms with Gasteiger partial charge in [-0.25, -0.2) is 0 Å². The molecule has 0 saturated heterocycles. The molecule has 3 N–H and O–H groups in total. The highest BCUT2D eigenvalue weighted by molar-refractivity contribution is 7.12. The summed E-state index contributed by atoms with van der Waals surface area (Å²) in [6, 6.07) is 13.3. The highest BCUT2D eigenvalue weighted by Gasteiger charge is 2.21. The van der Waals surface area contributed by atoms with Gasteiger partial charge < -0.3 is 15.7 Å². The van der Waals surface area contributed by atoms with Gasteiger partial charge in [0, 0.05) is 15.8 Å². The lowest BCUT2D eigenvalue weighted by atomic mass is 10.1. The van der Waals surface area contributed by atoms with Gasteiger partial charge in [0.15, 0.2) is 0 Å². The lowest BCUT2D eigenvalue weighted by Crippen LogP contribution is -2.43. The molecule has 1 aromatic heterocycles. The Hall–Kier alpha value is -2.18. The average molecular weight is 358 g/mol. The van der Waals surface area contributed by atoms with E-state index in [1.54, 1.807) is 0 Å². The van der Waals surface area contributed by atoms with Crippen molar-refractivity contribution in [1.29, 1.82) is 0 Å². The minimum absolute atomic E-state index is 0.132. The smallest absolute Gasteiger partial charge is 0.309 e. The SMILES string of the molecule is O=C(NCc1ccc(C(O)c2ccccc2)s1)C(=O)NC1CCCC1. The number of thiophene rings is 1. The Kier molecular flexibility index (Phi) is 5.83. The van der Waals surface area contributed by atoms with E-state index in [-0.39, 0.29) is 12.6 Å². The van der Waals surface area contributed by atoms with Crippen LogP contribution in [0.5, 0.6) is 0 Å². The summed E-state index contributed by atoms with van der Waals surface area (Å²) in [7, 11) is 0. The Balaban J connectivity index is 1.51. The molecule has 0 spiro atoms. The zero-order valence-electron chi connectivity index (χ0n) is 13.9. The van der Waals surface area contributed by atoms with Gasteiger partial charge in [-0.15, -0.1) is 11.3 Å². The lowest BCUT2D eigenvalue weighted by Gasteiger charge is -2.11. The third-order valence-electron chi connectivity index (χ3n) is 4.39. The van der Waals surface area contributed by atoms with Crippen LogP contribution in [0.1, 0.15) is 47.1 Å². The van der Waals surface area contributed by atoms with Crippen molar-refractivity contribution in [2.75, 3.05) is 0 Å². The predicted molar refractivity (Wildman–Crippen MR) is 97.1 cm³/mol. The summed E-state index contributed by atoms with van der Waals surface area (Å²) in [5.41, 5.74) is 0.830. The van der Waals surface area contributed by atoms with Crippen LogP contribution in [0.15, 0.2) is 42.5 Å². The molecule has 132 valence electrons. The second-order valence-electron chi connectivity index (χ2n) is 6.25. The fourth-order valence-electron chi connectivity index (χ4n) is 3.00. The number of benzene rings is 1. The summed E-state index contributed by atoms with van der Waals surface area (Å²) in [6.45, 7) is 0.281. The predicted octanol–water partition coefficient (Wildman–Crippen LogP) is 2.50. The van der Waals surface area contributed by atoms with E-state index in [9.17, 15) is 14.7 Å². The molecule has 1 heterocycles. The maximum atomic E-state index is 11.9. The number of amides is 2. The quantitative estimate of drug-likeness (QED) is 0.719. The Bertz CT molecular complexity index is 723. The molecule has 0 bridgehead atoms. The zero-order chi connectivity index (χ0) is 17.6. The third kappa shape index (κ3) is 4.67. The standard InChI is InChI=1S/C19H22N2O3S/c22-17(13-6-2-1-3-7-13)16-11-10-15(25-16)12-20-18(23)19(24)21-14-8-4-5-9-14/h1-3,6-7,10-11,14,17,22H,4-5,8-9,12H2,(H,20,23)(H,21,24). The fraction of sp³-hybridized carbons (Fsp3) is 0.368. The third-order valence-corrected chi connectivity index (χ3v) is 5.52. The summed E-state index contributed by atoms with van der Waals surface area (Å²) in [5, 5.41) is 15.8. The second kappa shape index (κ2) is 8.27. The monoisotopic (exact) mass is 358 g/mol. The van der Waals surface area contributed by atoms with Gasteiger partial charge in [0.1, 0.15) is 6.10 Å². The van der Waals surface area contributed by atoms with Crippen molar-refractivity contribution in [2.24, 2.45) is 0 Å². The molecule has 1 fully saturated rings. The molecular weight excluding hydrogens is 336 g/mol. The first-order chi connectivity index (χ1) is 12.1. The van der Waals surface area contributed by atoms with E-state index in [2.05, 4.69) is 10.6 Å². The molecule has 1 aliphatic rings. The van der Waals surface area contributed by atoms with E-state index < -0.39 is 17.9 Å².